The minimum Gasteiger partial charge on any atom is -0.378 e. The SMILES string of the molecule is O=[N+]([O-])c1cc(Cl)c(NCc2ccc(Br)s2)c(Cl)c1. The van der Waals surface area contributed by atoms with E-state index in [-0.39, 0.29) is 15.7 Å². The molecule has 0 radical (unpaired) electrons. The number of nitrogens with one attached hydrogen (secondary N) is 1. The van der Waals surface area contributed by atoms with Crippen LogP contribution in [0.25, 0.3) is 0 Å². The fraction of sp³-hybridized carbons (Fsp3) is 0.0909. The van der Waals surface area contributed by atoms with E-state index in [0.717, 1.165) is 8.66 Å². The molecule has 0 unspecified atom stereocenters. The van der Waals surface area contributed by atoms with Gasteiger partial charge in [-0.15, -0.1) is 11.3 Å². The lowest BCUT2D eigenvalue weighted by Crippen LogP contribution is -2.00. The van der Waals surface area contributed by atoms with Crippen molar-refractivity contribution >= 4 is 61.8 Å². The molecule has 1 aromatic heterocycles. The Morgan fingerprint density at radius 3 is 2.42 bits per heavy atom. The molecule has 0 saturated carbocycles. The highest BCUT2D eigenvalue weighted by Crippen LogP contribution is 2.35. The third-order valence-electron chi connectivity index (χ3n) is 2.31. The topological polar surface area (TPSA) is 55.2 Å². The number of hydrogen-bond acceptors (Lipinski definition) is 4. The summed E-state index contributed by atoms with van der Waals surface area (Å²) in [7, 11) is 0. The molecule has 2 aromatic rings. The molecule has 0 amide bonds. The van der Waals surface area contributed by atoms with Crippen LogP contribution in [0.3, 0.4) is 0 Å². The number of anilines is 1. The molecule has 19 heavy (non-hydrogen) atoms. The molecule has 0 bridgehead atoms. The largest absolute Gasteiger partial charge is 0.378 e. The summed E-state index contributed by atoms with van der Waals surface area (Å²) in [6, 6.07) is 6.47. The minimum absolute atomic E-state index is 0.126. The number of hydrogen-bond donors (Lipinski definition) is 1. The summed E-state index contributed by atoms with van der Waals surface area (Å²) < 4.78 is 1.03. The van der Waals surface area contributed by atoms with Crippen LogP contribution in [-0.2, 0) is 6.54 Å². The summed E-state index contributed by atoms with van der Waals surface area (Å²) in [5.74, 6) is 0. The summed E-state index contributed by atoms with van der Waals surface area (Å²) in [5, 5.41) is 14.2. The molecule has 0 aliphatic carbocycles. The quantitative estimate of drug-likeness (QED) is 0.574. The predicted octanol–water partition coefficient (Wildman–Crippen LogP) is 5.34. The number of halogens is 3. The number of nitrogens with zero attached hydrogens (tertiary/aromatic N) is 1. The van der Waals surface area contributed by atoms with Crippen molar-refractivity contribution < 1.29 is 4.92 Å². The van der Waals surface area contributed by atoms with E-state index in [0.29, 0.717) is 12.2 Å². The molecule has 0 atom stereocenters. The Hall–Kier alpha value is -0.820. The van der Waals surface area contributed by atoms with E-state index in [9.17, 15) is 10.1 Å². The summed E-state index contributed by atoms with van der Waals surface area (Å²) in [6.07, 6.45) is 0. The van der Waals surface area contributed by atoms with Crippen molar-refractivity contribution in [1.82, 2.24) is 0 Å². The van der Waals surface area contributed by atoms with Gasteiger partial charge in [-0.25, -0.2) is 0 Å². The number of rotatable bonds is 4. The number of non-ortho nitro benzene ring substituents is 1. The second-order valence-corrected chi connectivity index (χ2v) is 6.96. The highest BCUT2D eigenvalue weighted by molar-refractivity contribution is 9.11. The summed E-state index contributed by atoms with van der Waals surface area (Å²) in [6.45, 7) is 0.549. The van der Waals surface area contributed by atoms with Crippen LogP contribution in [0.4, 0.5) is 11.4 Å². The minimum atomic E-state index is -0.530. The summed E-state index contributed by atoms with van der Waals surface area (Å²) >= 11 is 16.9. The zero-order valence-electron chi connectivity index (χ0n) is 9.32. The van der Waals surface area contributed by atoms with Gasteiger partial charge in [0.1, 0.15) is 0 Å². The van der Waals surface area contributed by atoms with E-state index < -0.39 is 4.92 Å². The first-order valence-electron chi connectivity index (χ1n) is 5.09. The van der Waals surface area contributed by atoms with Crippen LogP contribution in [0.15, 0.2) is 28.1 Å². The van der Waals surface area contributed by atoms with Crippen LogP contribution in [0.1, 0.15) is 4.88 Å². The lowest BCUT2D eigenvalue weighted by molar-refractivity contribution is -0.384. The lowest BCUT2D eigenvalue weighted by atomic mass is 10.2. The Bertz CT molecular complexity index is 610. The van der Waals surface area contributed by atoms with Crippen molar-refractivity contribution in [2.24, 2.45) is 0 Å². The zero-order valence-corrected chi connectivity index (χ0v) is 13.2. The molecule has 8 heteroatoms. The van der Waals surface area contributed by atoms with Crippen LogP contribution in [-0.4, -0.2) is 4.92 Å². The van der Waals surface area contributed by atoms with Gasteiger partial charge in [-0.05, 0) is 28.1 Å². The maximum absolute atomic E-state index is 10.7. The highest BCUT2D eigenvalue weighted by Gasteiger charge is 2.14. The highest BCUT2D eigenvalue weighted by atomic mass is 79.9. The van der Waals surface area contributed by atoms with Gasteiger partial charge in [0.05, 0.1) is 24.4 Å². The number of nitro groups is 1. The first kappa shape index (κ1) is 14.6. The van der Waals surface area contributed by atoms with Gasteiger partial charge < -0.3 is 5.32 Å². The van der Waals surface area contributed by atoms with Gasteiger partial charge in [0.15, 0.2) is 0 Å². The molecule has 0 spiro atoms. The summed E-state index contributed by atoms with van der Waals surface area (Å²) in [4.78, 5) is 11.2. The van der Waals surface area contributed by atoms with E-state index in [1.807, 2.05) is 12.1 Å². The van der Waals surface area contributed by atoms with Gasteiger partial charge in [-0.3, -0.25) is 10.1 Å². The first-order valence-corrected chi connectivity index (χ1v) is 7.45. The van der Waals surface area contributed by atoms with E-state index in [1.165, 1.54) is 12.1 Å². The Morgan fingerprint density at radius 2 is 1.95 bits per heavy atom. The number of nitro benzene ring substituents is 1. The molecule has 100 valence electrons. The molecule has 0 aliphatic rings. The number of thiophene rings is 1. The Kier molecular flexibility index (Phi) is 4.67. The van der Waals surface area contributed by atoms with Crippen LogP contribution in [0.2, 0.25) is 10.0 Å². The zero-order chi connectivity index (χ0) is 14.0. The molecule has 0 saturated heterocycles. The van der Waals surface area contributed by atoms with Gasteiger partial charge in [-0.1, -0.05) is 23.2 Å². The van der Waals surface area contributed by atoms with E-state index >= 15 is 0 Å². The van der Waals surface area contributed by atoms with Crippen LogP contribution >= 0.6 is 50.5 Å². The molecular formula is C11H7BrCl2N2O2S. The second-order valence-electron chi connectivity index (χ2n) is 3.60. The predicted molar refractivity (Wildman–Crippen MR) is 82.5 cm³/mol. The Balaban J connectivity index is 2.18. The Labute approximate surface area is 131 Å². The van der Waals surface area contributed by atoms with E-state index in [1.54, 1.807) is 11.3 Å². The van der Waals surface area contributed by atoms with Crippen molar-refractivity contribution in [1.29, 1.82) is 0 Å². The first-order chi connectivity index (χ1) is 8.97. The molecule has 0 fully saturated rings. The monoisotopic (exact) mass is 380 g/mol. The fourth-order valence-corrected chi connectivity index (χ4v) is 3.49. The van der Waals surface area contributed by atoms with Gasteiger partial charge in [-0.2, -0.15) is 0 Å². The fourth-order valence-electron chi connectivity index (χ4n) is 1.46. The van der Waals surface area contributed by atoms with Crippen molar-refractivity contribution in [3.63, 3.8) is 0 Å². The molecular weight excluding hydrogens is 375 g/mol. The van der Waals surface area contributed by atoms with Gasteiger partial charge in [0, 0.05) is 23.6 Å². The molecule has 1 heterocycles. The molecule has 1 N–H and O–H groups in total. The summed E-state index contributed by atoms with van der Waals surface area (Å²) in [5.41, 5.74) is 0.373. The molecule has 1 aromatic carbocycles. The van der Waals surface area contributed by atoms with Crippen molar-refractivity contribution in [2.45, 2.75) is 6.54 Å². The lowest BCUT2D eigenvalue weighted by Gasteiger charge is -2.09. The van der Waals surface area contributed by atoms with Crippen molar-refractivity contribution in [3.05, 3.63) is 53.1 Å². The van der Waals surface area contributed by atoms with E-state index in [2.05, 4.69) is 21.2 Å². The molecule has 2 rings (SSSR count). The Morgan fingerprint density at radius 1 is 1.32 bits per heavy atom. The molecule has 0 aliphatic heterocycles. The second kappa shape index (κ2) is 6.09. The van der Waals surface area contributed by atoms with Crippen molar-refractivity contribution in [3.8, 4) is 0 Å². The van der Waals surface area contributed by atoms with Gasteiger partial charge >= 0.3 is 0 Å². The maximum atomic E-state index is 10.7. The van der Waals surface area contributed by atoms with Crippen LogP contribution in [0, 0.1) is 10.1 Å². The van der Waals surface area contributed by atoms with E-state index in [4.69, 9.17) is 23.2 Å². The smallest absolute Gasteiger partial charge is 0.272 e. The molecule has 4 nitrogen and oxygen atoms in total. The van der Waals surface area contributed by atoms with Crippen LogP contribution in [0.5, 0.6) is 0 Å². The normalized spacial score (nSPS) is 10.5. The average molecular weight is 382 g/mol. The average Bonchev–Trinajstić information content (AvgIpc) is 2.73. The van der Waals surface area contributed by atoms with Gasteiger partial charge in [0.2, 0.25) is 0 Å². The third kappa shape index (κ3) is 3.60. The maximum Gasteiger partial charge on any atom is 0.272 e. The third-order valence-corrected chi connectivity index (χ3v) is 4.53. The van der Waals surface area contributed by atoms with Crippen molar-refractivity contribution in [2.75, 3.05) is 5.32 Å². The number of benzene rings is 1. The van der Waals surface area contributed by atoms with Gasteiger partial charge in [0.25, 0.3) is 5.69 Å². The standard InChI is InChI=1S/C11H7BrCl2N2O2S/c12-10-2-1-7(19-10)5-15-11-8(13)3-6(16(17)18)4-9(11)14/h1-4,15H,5H2. The van der Waals surface area contributed by atoms with Crippen LogP contribution < -0.4 is 5.32 Å².